The monoisotopic (exact) mass is 385 g/mol. The average molecular weight is 385 g/mol. The number of anilines is 1. The van der Waals surface area contributed by atoms with Crippen LogP contribution in [-0.4, -0.2) is 15.9 Å². The largest absolute Gasteiger partial charge is 0.307 e. The molecule has 2 heterocycles. The van der Waals surface area contributed by atoms with E-state index in [2.05, 4.69) is 10.3 Å². The van der Waals surface area contributed by atoms with Crippen LogP contribution in [0, 0.1) is 13.8 Å². The van der Waals surface area contributed by atoms with Gasteiger partial charge in [-0.2, -0.15) is 0 Å². The molecule has 2 aromatic carbocycles. The van der Waals surface area contributed by atoms with E-state index in [0.29, 0.717) is 11.4 Å². The SMILES string of the molecule is Cc1ccc(NC(=O)c2ccccc2-c2sc(-c3ccccc3)nc2C)nc1. The summed E-state index contributed by atoms with van der Waals surface area (Å²) < 4.78 is 0. The minimum absolute atomic E-state index is 0.180. The zero-order valence-corrected chi connectivity index (χ0v) is 16.5. The molecule has 4 rings (SSSR count). The first kappa shape index (κ1) is 18.1. The summed E-state index contributed by atoms with van der Waals surface area (Å²) in [6, 6.07) is 21.4. The van der Waals surface area contributed by atoms with Crippen LogP contribution in [-0.2, 0) is 0 Å². The summed E-state index contributed by atoms with van der Waals surface area (Å²) in [6.07, 6.45) is 1.74. The van der Waals surface area contributed by atoms with Crippen LogP contribution < -0.4 is 5.32 Å². The fourth-order valence-corrected chi connectivity index (χ4v) is 4.07. The van der Waals surface area contributed by atoms with Crippen LogP contribution in [0.5, 0.6) is 0 Å². The van der Waals surface area contributed by atoms with Crippen LogP contribution in [0.25, 0.3) is 21.0 Å². The van der Waals surface area contributed by atoms with Gasteiger partial charge in [-0.25, -0.2) is 9.97 Å². The third-order valence-electron chi connectivity index (χ3n) is 4.39. The first-order chi connectivity index (χ1) is 13.6. The van der Waals surface area contributed by atoms with Gasteiger partial charge in [-0.05, 0) is 31.5 Å². The molecule has 0 aliphatic rings. The van der Waals surface area contributed by atoms with Crippen LogP contribution in [0.15, 0.2) is 72.9 Å². The number of nitrogens with one attached hydrogen (secondary N) is 1. The Kier molecular flexibility index (Phi) is 5.00. The highest BCUT2D eigenvalue weighted by molar-refractivity contribution is 7.18. The highest BCUT2D eigenvalue weighted by Gasteiger charge is 2.18. The Bertz CT molecular complexity index is 1120. The molecule has 0 aliphatic carbocycles. The molecule has 0 saturated heterocycles. The number of carbonyl (C=O) groups is 1. The number of carbonyl (C=O) groups excluding carboxylic acids is 1. The maximum atomic E-state index is 12.9. The molecule has 4 nitrogen and oxygen atoms in total. The van der Waals surface area contributed by atoms with Crippen molar-refractivity contribution in [3.05, 3.63) is 89.7 Å². The van der Waals surface area contributed by atoms with E-state index in [0.717, 1.165) is 32.3 Å². The van der Waals surface area contributed by atoms with Gasteiger partial charge in [0.05, 0.1) is 10.6 Å². The predicted molar refractivity (Wildman–Crippen MR) is 115 cm³/mol. The van der Waals surface area contributed by atoms with Crippen molar-refractivity contribution in [2.45, 2.75) is 13.8 Å². The van der Waals surface area contributed by atoms with Crippen molar-refractivity contribution in [2.75, 3.05) is 5.32 Å². The van der Waals surface area contributed by atoms with Crippen LogP contribution in [0.3, 0.4) is 0 Å². The number of thiazole rings is 1. The summed E-state index contributed by atoms with van der Waals surface area (Å²) in [7, 11) is 0. The molecule has 138 valence electrons. The second-order valence-electron chi connectivity index (χ2n) is 6.52. The van der Waals surface area contributed by atoms with Gasteiger partial charge in [-0.15, -0.1) is 11.3 Å². The fourth-order valence-electron chi connectivity index (χ4n) is 2.96. The molecule has 1 amide bonds. The van der Waals surface area contributed by atoms with Gasteiger partial charge < -0.3 is 5.32 Å². The van der Waals surface area contributed by atoms with E-state index in [4.69, 9.17) is 4.98 Å². The summed E-state index contributed by atoms with van der Waals surface area (Å²) in [5, 5.41) is 3.84. The van der Waals surface area contributed by atoms with Crippen molar-refractivity contribution in [2.24, 2.45) is 0 Å². The molecule has 0 saturated carbocycles. The van der Waals surface area contributed by atoms with E-state index in [9.17, 15) is 4.79 Å². The quantitative estimate of drug-likeness (QED) is 0.487. The molecule has 0 atom stereocenters. The number of benzene rings is 2. The Hall–Kier alpha value is -3.31. The number of rotatable bonds is 4. The lowest BCUT2D eigenvalue weighted by Gasteiger charge is -2.09. The molecule has 0 spiro atoms. The van der Waals surface area contributed by atoms with Gasteiger partial charge in [-0.1, -0.05) is 54.6 Å². The first-order valence-corrected chi connectivity index (χ1v) is 9.80. The van der Waals surface area contributed by atoms with Crippen molar-refractivity contribution < 1.29 is 4.79 Å². The third-order valence-corrected chi connectivity index (χ3v) is 5.63. The molecule has 2 aromatic heterocycles. The highest BCUT2D eigenvalue weighted by atomic mass is 32.1. The molecule has 4 aromatic rings. The summed E-state index contributed by atoms with van der Waals surface area (Å²) in [5.41, 5.74) is 4.53. The fraction of sp³-hybridized carbons (Fsp3) is 0.0870. The lowest BCUT2D eigenvalue weighted by molar-refractivity contribution is 0.102. The number of nitrogens with zero attached hydrogens (tertiary/aromatic N) is 2. The summed E-state index contributed by atoms with van der Waals surface area (Å²) >= 11 is 1.60. The molecule has 5 heteroatoms. The average Bonchev–Trinajstić information content (AvgIpc) is 3.12. The second kappa shape index (κ2) is 7.74. The Balaban J connectivity index is 1.69. The van der Waals surface area contributed by atoms with Crippen LogP contribution in [0.4, 0.5) is 5.82 Å². The Morgan fingerprint density at radius 3 is 2.43 bits per heavy atom. The van der Waals surface area contributed by atoms with E-state index in [1.807, 2.05) is 74.5 Å². The van der Waals surface area contributed by atoms with Crippen molar-refractivity contribution in [1.82, 2.24) is 9.97 Å². The van der Waals surface area contributed by atoms with Gasteiger partial charge in [0.1, 0.15) is 10.8 Å². The maximum Gasteiger partial charge on any atom is 0.257 e. The Labute approximate surface area is 167 Å². The number of aryl methyl sites for hydroxylation is 2. The summed E-state index contributed by atoms with van der Waals surface area (Å²) in [6.45, 7) is 3.94. The van der Waals surface area contributed by atoms with E-state index in [-0.39, 0.29) is 5.91 Å². The predicted octanol–water partition coefficient (Wildman–Crippen LogP) is 5.74. The van der Waals surface area contributed by atoms with Crippen molar-refractivity contribution >= 4 is 23.1 Å². The van der Waals surface area contributed by atoms with E-state index >= 15 is 0 Å². The molecule has 0 fully saturated rings. The second-order valence-corrected chi connectivity index (χ2v) is 7.52. The van der Waals surface area contributed by atoms with E-state index in [1.165, 1.54) is 0 Å². The number of pyridine rings is 1. The van der Waals surface area contributed by atoms with Crippen molar-refractivity contribution in [3.8, 4) is 21.0 Å². The smallest absolute Gasteiger partial charge is 0.257 e. The van der Waals surface area contributed by atoms with Crippen LogP contribution in [0.1, 0.15) is 21.6 Å². The van der Waals surface area contributed by atoms with Gasteiger partial charge in [0.25, 0.3) is 5.91 Å². The summed E-state index contributed by atoms with van der Waals surface area (Å²) in [4.78, 5) is 22.9. The number of amides is 1. The zero-order valence-electron chi connectivity index (χ0n) is 15.6. The molecule has 0 radical (unpaired) electrons. The minimum Gasteiger partial charge on any atom is -0.307 e. The molecular formula is C23H19N3OS. The standard InChI is InChI=1S/C23H19N3OS/c1-15-12-13-20(24-14-15)26-22(27)19-11-7-6-10-18(19)21-16(2)25-23(28-21)17-8-4-3-5-9-17/h3-14H,1-2H3,(H,24,26,27). The number of aromatic nitrogens is 2. The molecule has 0 unspecified atom stereocenters. The van der Waals surface area contributed by atoms with Gasteiger partial charge in [0, 0.05) is 22.9 Å². The number of hydrogen-bond acceptors (Lipinski definition) is 4. The zero-order chi connectivity index (χ0) is 19.5. The van der Waals surface area contributed by atoms with Crippen molar-refractivity contribution in [1.29, 1.82) is 0 Å². The molecule has 28 heavy (non-hydrogen) atoms. The van der Waals surface area contributed by atoms with Crippen LogP contribution >= 0.6 is 11.3 Å². The molecule has 0 aliphatic heterocycles. The Morgan fingerprint density at radius 1 is 0.929 bits per heavy atom. The summed E-state index contributed by atoms with van der Waals surface area (Å²) in [5.74, 6) is 0.359. The first-order valence-electron chi connectivity index (χ1n) is 8.98. The van der Waals surface area contributed by atoms with Crippen LogP contribution in [0.2, 0.25) is 0 Å². The highest BCUT2D eigenvalue weighted by Crippen LogP contribution is 2.36. The van der Waals surface area contributed by atoms with E-state index < -0.39 is 0 Å². The van der Waals surface area contributed by atoms with Gasteiger partial charge >= 0.3 is 0 Å². The third kappa shape index (κ3) is 3.70. The van der Waals surface area contributed by atoms with E-state index in [1.54, 1.807) is 23.6 Å². The normalized spacial score (nSPS) is 10.6. The Morgan fingerprint density at radius 2 is 1.68 bits per heavy atom. The maximum absolute atomic E-state index is 12.9. The van der Waals surface area contributed by atoms with Gasteiger partial charge in [0.15, 0.2) is 0 Å². The van der Waals surface area contributed by atoms with Gasteiger partial charge in [0.2, 0.25) is 0 Å². The number of hydrogen-bond donors (Lipinski definition) is 1. The van der Waals surface area contributed by atoms with Crippen molar-refractivity contribution in [3.63, 3.8) is 0 Å². The van der Waals surface area contributed by atoms with Gasteiger partial charge in [-0.3, -0.25) is 4.79 Å². The molecule has 1 N–H and O–H groups in total. The molecule has 0 bridgehead atoms. The molecular weight excluding hydrogens is 366 g/mol. The minimum atomic E-state index is -0.180. The topological polar surface area (TPSA) is 54.9 Å². The lowest BCUT2D eigenvalue weighted by Crippen LogP contribution is -2.14. The lowest BCUT2D eigenvalue weighted by atomic mass is 10.0.